The molecule has 0 aliphatic carbocycles. The lowest BCUT2D eigenvalue weighted by molar-refractivity contribution is 0.103. The lowest BCUT2D eigenvalue weighted by Gasteiger charge is -2.04. The van der Waals surface area contributed by atoms with Gasteiger partial charge in [0.25, 0.3) is 5.91 Å². The number of fused-ring (bicyclic) bond motifs is 1. The van der Waals surface area contributed by atoms with E-state index in [1.54, 1.807) is 6.07 Å². The van der Waals surface area contributed by atoms with E-state index in [4.69, 9.17) is 5.73 Å². The second-order valence-electron chi connectivity index (χ2n) is 4.77. The summed E-state index contributed by atoms with van der Waals surface area (Å²) in [5.74, 6) is 0.257. The summed E-state index contributed by atoms with van der Waals surface area (Å²) in [4.78, 5) is 22.2. The number of nitrogens with two attached hydrogens (primary N) is 1. The molecule has 3 heterocycles. The van der Waals surface area contributed by atoms with Gasteiger partial charge in [-0.1, -0.05) is 6.07 Å². The predicted octanol–water partition coefficient (Wildman–Crippen LogP) is 3.14. The number of carbonyl (C=O) groups excluding carboxylic acids is 1. The minimum Gasteiger partial charge on any atom is -0.397 e. The number of rotatable bonds is 2. The van der Waals surface area contributed by atoms with E-state index >= 15 is 0 Å². The highest BCUT2D eigenvalue weighted by Crippen LogP contribution is 2.32. The van der Waals surface area contributed by atoms with Gasteiger partial charge in [-0.15, -0.1) is 11.3 Å². The molecule has 0 aromatic carbocycles. The van der Waals surface area contributed by atoms with E-state index in [0.717, 1.165) is 21.6 Å². The predicted molar refractivity (Wildman–Crippen MR) is 85.7 cm³/mol. The maximum Gasteiger partial charge on any atom is 0.269 e. The van der Waals surface area contributed by atoms with E-state index in [0.29, 0.717) is 16.4 Å². The van der Waals surface area contributed by atoms with Crippen LogP contribution in [0.25, 0.3) is 10.2 Å². The lowest BCUT2D eigenvalue weighted by Crippen LogP contribution is -2.13. The first-order valence-electron chi connectivity index (χ1n) is 6.45. The van der Waals surface area contributed by atoms with Gasteiger partial charge in [-0.2, -0.15) is 0 Å². The molecule has 21 heavy (non-hydrogen) atoms. The molecule has 5 nitrogen and oxygen atoms in total. The van der Waals surface area contributed by atoms with Crippen molar-refractivity contribution in [3.8, 4) is 0 Å². The Kier molecular flexibility index (Phi) is 3.31. The van der Waals surface area contributed by atoms with Gasteiger partial charge in [-0.3, -0.25) is 4.79 Å². The standard InChI is InChI=1S/C15H14N4OS/c1-8-4-3-5-11(17-8)19-14(20)13-12(16)10-7-6-9(2)18-15(10)21-13/h3-7H,16H2,1-2H3,(H,17,19,20). The van der Waals surface area contributed by atoms with E-state index in [1.165, 1.54) is 11.3 Å². The van der Waals surface area contributed by atoms with Crippen LogP contribution in [0.15, 0.2) is 30.3 Å². The van der Waals surface area contributed by atoms with Crippen molar-refractivity contribution in [1.82, 2.24) is 9.97 Å². The second kappa shape index (κ2) is 5.14. The van der Waals surface area contributed by atoms with E-state index < -0.39 is 0 Å². The summed E-state index contributed by atoms with van der Waals surface area (Å²) in [5, 5.41) is 3.58. The van der Waals surface area contributed by atoms with Crippen LogP contribution in [0, 0.1) is 13.8 Å². The number of carbonyl (C=O) groups is 1. The molecular formula is C15H14N4OS. The molecule has 0 unspecified atom stereocenters. The van der Waals surface area contributed by atoms with Gasteiger partial charge in [0.1, 0.15) is 15.5 Å². The average Bonchev–Trinajstić information content (AvgIpc) is 2.75. The van der Waals surface area contributed by atoms with Crippen LogP contribution in [0.5, 0.6) is 0 Å². The molecule has 0 saturated carbocycles. The van der Waals surface area contributed by atoms with Gasteiger partial charge in [-0.05, 0) is 38.1 Å². The van der Waals surface area contributed by atoms with Crippen LogP contribution in [0.2, 0.25) is 0 Å². The van der Waals surface area contributed by atoms with Gasteiger partial charge in [0, 0.05) is 16.8 Å². The number of amides is 1. The number of aromatic nitrogens is 2. The highest BCUT2D eigenvalue weighted by Gasteiger charge is 2.17. The Morgan fingerprint density at radius 1 is 1.14 bits per heavy atom. The van der Waals surface area contributed by atoms with Gasteiger partial charge >= 0.3 is 0 Å². The highest BCUT2D eigenvalue weighted by atomic mass is 32.1. The Hall–Kier alpha value is -2.47. The summed E-state index contributed by atoms with van der Waals surface area (Å²) in [7, 11) is 0. The van der Waals surface area contributed by atoms with Crippen LogP contribution in [-0.4, -0.2) is 15.9 Å². The first-order chi connectivity index (χ1) is 10.0. The normalized spacial score (nSPS) is 10.8. The fraction of sp³-hybridized carbons (Fsp3) is 0.133. The monoisotopic (exact) mass is 298 g/mol. The van der Waals surface area contributed by atoms with E-state index in [2.05, 4.69) is 15.3 Å². The molecule has 0 bridgehead atoms. The second-order valence-corrected chi connectivity index (χ2v) is 5.77. The zero-order valence-electron chi connectivity index (χ0n) is 11.7. The maximum absolute atomic E-state index is 12.4. The van der Waals surface area contributed by atoms with E-state index in [-0.39, 0.29) is 5.91 Å². The molecule has 0 spiro atoms. The molecule has 0 radical (unpaired) electrons. The summed E-state index contributed by atoms with van der Waals surface area (Å²) in [6.45, 7) is 3.78. The third-order valence-corrected chi connectivity index (χ3v) is 4.18. The molecular weight excluding hydrogens is 284 g/mol. The van der Waals surface area contributed by atoms with Gasteiger partial charge in [0.2, 0.25) is 0 Å². The molecule has 3 N–H and O–H groups in total. The van der Waals surface area contributed by atoms with E-state index in [1.807, 2.05) is 38.1 Å². The molecule has 3 aromatic heterocycles. The van der Waals surface area contributed by atoms with Gasteiger partial charge in [-0.25, -0.2) is 9.97 Å². The van der Waals surface area contributed by atoms with Crippen LogP contribution in [0.1, 0.15) is 21.1 Å². The molecule has 0 saturated heterocycles. The first-order valence-corrected chi connectivity index (χ1v) is 7.27. The van der Waals surface area contributed by atoms with Crippen molar-refractivity contribution in [3.05, 3.63) is 46.6 Å². The molecule has 106 valence electrons. The van der Waals surface area contributed by atoms with Crippen molar-refractivity contribution >= 4 is 39.0 Å². The van der Waals surface area contributed by atoms with Crippen LogP contribution in [-0.2, 0) is 0 Å². The average molecular weight is 298 g/mol. The molecule has 1 amide bonds. The molecule has 6 heteroatoms. The minimum absolute atomic E-state index is 0.258. The Balaban J connectivity index is 1.96. The van der Waals surface area contributed by atoms with Crippen molar-refractivity contribution in [3.63, 3.8) is 0 Å². The summed E-state index contributed by atoms with van der Waals surface area (Å²) >= 11 is 1.29. The topological polar surface area (TPSA) is 80.9 Å². The Bertz CT molecular complexity index is 841. The molecule has 0 atom stereocenters. The van der Waals surface area contributed by atoms with Crippen LogP contribution < -0.4 is 11.1 Å². The quantitative estimate of drug-likeness (QED) is 0.761. The zero-order valence-corrected chi connectivity index (χ0v) is 12.5. The number of nitrogen functional groups attached to an aromatic ring is 1. The number of nitrogens with one attached hydrogen (secondary N) is 1. The Morgan fingerprint density at radius 2 is 1.90 bits per heavy atom. The van der Waals surface area contributed by atoms with Crippen molar-refractivity contribution in [2.75, 3.05) is 11.1 Å². The number of thiophene rings is 1. The Labute approximate surface area is 125 Å². The molecule has 0 fully saturated rings. The summed E-state index contributed by atoms with van der Waals surface area (Å²) in [6.07, 6.45) is 0. The van der Waals surface area contributed by atoms with Gasteiger partial charge < -0.3 is 11.1 Å². The van der Waals surface area contributed by atoms with Crippen LogP contribution >= 0.6 is 11.3 Å². The number of aryl methyl sites for hydroxylation is 2. The molecule has 3 rings (SSSR count). The third kappa shape index (κ3) is 2.57. The van der Waals surface area contributed by atoms with E-state index in [9.17, 15) is 4.79 Å². The first kappa shape index (κ1) is 13.5. The number of anilines is 2. The smallest absolute Gasteiger partial charge is 0.269 e. The maximum atomic E-state index is 12.4. The number of nitrogens with zero attached hydrogens (tertiary/aromatic N) is 2. The van der Waals surface area contributed by atoms with Crippen molar-refractivity contribution < 1.29 is 4.79 Å². The lowest BCUT2D eigenvalue weighted by atomic mass is 10.2. The summed E-state index contributed by atoms with van der Waals surface area (Å²) < 4.78 is 0. The molecule has 0 aliphatic heterocycles. The zero-order chi connectivity index (χ0) is 15.0. The van der Waals surface area contributed by atoms with Crippen LogP contribution in [0.3, 0.4) is 0 Å². The van der Waals surface area contributed by atoms with Crippen LogP contribution in [0.4, 0.5) is 11.5 Å². The SMILES string of the molecule is Cc1cccc(NC(=O)c2sc3nc(C)ccc3c2N)n1. The highest BCUT2D eigenvalue weighted by molar-refractivity contribution is 7.21. The number of hydrogen-bond acceptors (Lipinski definition) is 5. The van der Waals surface area contributed by atoms with Gasteiger partial charge in [0.15, 0.2) is 0 Å². The van der Waals surface area contributed by atoms with Gasteiger partial charge in [0.05, 0.1) is 5.69 Å². The molecule has 3 aromatic rings. The summed E-state index contributed by atoms with van der Waals surface area (Å²) in [5.41, 5.74) is 8.27. The third-order valence-electron chi connectivity index (χ3n) is 3.07. The fourth-order valence-electron chi connectivity index (χ4n) is 2.04. The minimum atomic E-state index is -0.258. The summed E-state index contributed by atoms with van der Waals surface area (Å²) in [6, 6.07) is 9.24. The largest absolute Gasteiger partial charge is 0.397 e. The fourth-order valence-corrected chi connectivity index (χ4v) is 3.08. The van der Waals surface area contributed by atoms with Crippen molar-refractivity contribution in [1.29, 1.82) is 0 Å². The van der Waals surface area contributed by atoms with Crippen molar-refractivity contribution in [2.45, 2.75) is 13.8 Å². The Morgan fingerprint density at radius 3 is 2.67 bits per heavy atom. The number of pyridine rings is 2. The molecule has 0 aliphatic rings. The van der Waals surface area contributed by atoms with Crippen molar-refractivity contribution in [2.24, 2.45) is 0 Å². The number of hydrogen-bond donors (Lipinski definition) is 2.